The van der Waals surface area contributed by atoms with Crippen LogP contribution in [0.4, 0.5) is 0 Å². The molecule has 0 aliphatic rings. The Morgan fingerprint density at radius 3 is 0.750 bits per heavy atom. The van der Waals surface area contributed by atoms with Gasteiger partial charge in [-0.25, -0.2) is 0 Å². The Balaban J connectivity index is -0.00000000970. The third kappa shape index (κ3) is 343. The van der Waals surface area contributed by atoms with Crippen LogP contribution in [0.2, 0.25) is 0 Å². The third-order valence-corrected chi connectivity index (χ3v) is 0. The molecule has 0 bridgehead atoms. The zero-order chi connectivity index (χ0) is 9.00. The fourth-order valence-electron chi connectivity index (χ4n) is 0. The van der Waals surface area contributed by atoms with Gasteiger partial charge in [-0.2, -0.15) is 16.8 Å². The summed E-state index contributed by atoms with van der Waals surface area (Å²) in [5.41, 5.74) is 0. The topological polar surface area (TPSA) is 149 Å². The summed E-state index contributed by atoms with van der Waals surface area (Å²) in [6.45, 7) is 0. The van der Waals surface area contributed by atoms with Gasteiger partial charge in [0.05, 0.1) is 0 Å². The summed E-state index contributed by atoms with van der Waals surface area (Å²) in [5, 5.41) is 0. The first-order chi connectivity index (χ1) is 4.00. The van der Waals surface area contributed by atoms with E-state index >= 15 is 0 Å². The largest absolute Gasteiger partial charge is 2.00 e. The van der Waals surface area contributed by atoms with Crippen LogP contribution >= 0.6 is 0 Å². The summed E-state index contributed by atoms with van der Waals surface area (Å²) in [6.07, 6.45) is 0. The molecule has 0 atom stereocenters. The van der Waals surface area contributed by atoms with Crippen LogP contribution in [0.1, 0.15) is 5.71 Å². The fourth-order valence-corrected chi connectivity index (χ4v) is 0. The number of hydrogen-bond acceptors (Lipinski definition) is 4. The molecule has 0 unspecified atom stereocenters. The Morgan fingerprint density at radius 1 is 0.750 bits per heavy atom. The summed E-state index contributed by atoms with van der Waals surface area (Å²) in [7, 11) is -9.33. The van der Waals surface area contributed by atoms with E-state index in [9.17, 15) is 0 Å². The summed E-state index contributed by atoms with van der Waals surface area (Å²) >= 11 is 0. The quantitative estimate of drug-likeness (QED) is 0.297. The Labute approximate surface area is 131 Å². The van der Waals surface area contributed by atoms with Gasteiger partial charge in [0.2, 0.25) is 0 Å². The van der Waals surface area contributed by atoms with Crippen molar-refractivity contribution in [2.24, 2.45) is 0 Å². The van der Waals surface area contributed by atoms with Crippen molar-refractivity contribution in [3.8, 4) is 0 Å². The zero-order valence-corrected chi connectivity index (χ0v) is 13.1. The van der Waals surface area contributed by atoms with Gasteiger partial charge >= 0.3 is 92.7 Å². The third-order valence-electron chi connectivity index (χ3n) is 0. The molecule has 12 heteroatoms. The SMILES string of the molecule is O=S(=O)(O)O.O=S(=O)(O)O.[Ba+2].[H-].[H-].[H-].[H-].[Mg+2]. The molecule has 0 rings (SSSR count). The minimum absolute atomic E-state index is 0. The summed E-state index contributed by atoms with van der Waals surface area (Å²) < 4.78 is 63.2. The molecule has 12 heavy (non-hydrogen) atoms. The van der Waals surface area contributed by atoms with Gasteiger partial charge in [-0.3, -0.25) is 18.2 Å². The van der Waals surface area contributed by atoms with Crippen LogP contribution in [0.3, 0.4) is 0 Å². The van der Waals surface area contributed by atoms with E-state index in [1.54, 1.807) is 0 Å². The zero-order valence-electron chi connectivity index (χ0n) is 9.65. The maximum absolute atomic E-state index is 8.74. The van der Waals surface area contributed by atoms with Crippen LogP contribution in [-0.4, -0.2) is 107 Å². The maximum atomic E-state index is 8.74. The van der Waals surface area contributed by atoms with E-state index in [1.807, 2.05) is 0 Å². The van der Waals surface area contributed by atoms with E-state index in [4.69, 9.17) is 35.0 Å². The minimum Gasteiger partial charge on any atom is -1.00 e. The smallest absolute Gasteiger partial charge is 1.00 e. The molecule has 72 valence electrons. The number of rotatable bonds is 0. The Hall–Kier alpha value is 2.08. The van der Waals surface area contributed by atoms with Crippen molar-refractivity contribution < 1.29 is 40.8 Å². The van der Waals surface area contributed by atoms with Crippen molar-refractivity contribution in [3.05, 3.63) is 0 Å². The molecule has 0 aliphatic carbocycles. The number of hydrogen-bond donors (Lipinski definition) is 4. The van der Waals surface area contributed by atoms with Gasteiger partial charge in [-0.15, -0.1) is 0 Å². The molecule has 0 aromatic heterocycles. The van der Waals surface area contributed by atoms with Gasteiger partial charge in [0.15, 0.2) is 0 Å². The van der Waals surface area contributed by atoms with Gasteiger partial charge in [0.1, 0.15) is 0 Å². The van der Waals surface area contributed by atoms with Gasteiger partial charge in [-0.05, 0) is 0 Å². The van der Waals surface area contributed by atoms with Crippen molar-refractivity contribution in [1.29, 1.82) is 0 Å². The molecular weight excluding hydrogens is 354 g/mol. The average Bonchev–Trinajstić information content (AvgIpc) is 1.12. The van der Waals surface area contributed by atoms with Crippen LogP contribution in [0, 0.1) is 0 Å². The fraction of sp³-hybridized carbons (Fsp3) is 0. The normalized spacial score (nSPS) is 9.67. The van der Waals surface area contributed by atoms with Crippen LogP contribution in [0.25, 0.3) is 0 Å². The standard InChI is InChI=1S/Ba.Mg.2H2O4S.4H/c;;2*1-5(2,3)4;;;;/h;;2*(H2,1,2,3,4);;;;/q2*+2;;;4*-1. The summed E-state index contributed by atoms with van der Waals surface area (Å²) in [6, 6.07) is 0. The molecule has 0 radical (unpaired) electrons. The first-order valence-corrected chi connectivity index (χ1v) is 4.19. The van der Waals surface area contributed by atoms with Crippen LogP contribution in [-0.2, 0) is 20.8 Å². The van der Waals surface area contributed by atoms with Crippen molar-refractivity contribution in [3.63, 3.8) is 0 Å². The van der Waals surface area contributed by atoms with Gasteiger partial charge in [0, 0.05) is 0 Å². The summed E-state index contributed by atoms with van der Waals surface area (Å²) in [4.78, 5) is 0. The average molecular weight is 362 g/mol. The molecule has 0 fully saturated rings. The first kappa shape index (κ1) is 23.7. The van der Waals surface area contributed by atoms with E-state index in [1.165, 1.54) is 0 Å². The van der Waals surface area contributed by atoms with Crippen LogP contribution in [0.5, 0.6) is 0 Å². The molecule has 4 N–H and O–H groups in total. The molecule has 0 aromatic carbocycles. The van der Waals surface area contributed by atoms with Crippen molar-refractivity contribution in [1.82, 2.24) is 0 Å². The van der Waals surface area contributed by atoms with Crippen LogP contribution < -0.4 is 0 Å². The molecular formula is H8BaMgO8S2. The van der Waals surface area contributed by atoms with Crippen molar-refractivity contribution >= 4 is 92.7 Å². The molecule has 0 heterocycles. The van der Waals surface area contributed by atoms with Crippen molar-refractivity contribution in [2.75, 3.05) is 0 Å². The monoisotopic (exact) mass is 362 g/mol. The predicted octanol–water partition coefficient (Wildman–Crippen LogP) is -1.62. The van der Waals surface area contributed by atoms with E-state index < -0.39 is 20.8 Å². The molecule has 0 aromatic rings. The van der Waals surface area contributed by atoms with Gasteiger partial charge in [0.25, 0.3) is 0 Å². The predicted molar refractivity (Wildman–Crippen MR) is 44.3 cm³/mol. The molecule has 0 aliphatic heterocycles. The van der Waals surface area contributed by atoms with Crippen molar-refractivity contribution in [2.45, 2.75) is 0 Å². The van der Waals surface area contributed by atoms with Gasteiger partial charge < -0.3 is 5.71 Å². The molecule has 0 saturated heterocycles. The second-order valence-corrected chi connectivity index (χ2v) is 2.69. The second kappa shape index (κ2) is 9.63. The molecule has 0 amide bonds. The summed E-state index contributed by atoms with van der Waals surface area (Å²) in [5.74, 6) is 0. The Kier molecular flexibility index (Phi) is 19.0. The Bertz CT molecular complexity index is 226. The van der Waals surface area contributed by atoms with E-state index in [0.29, 0.717) is 0 Å². The maximum Gasteiger partial charge on any atom is 2.00 e. The van der Waals surface area contributed by atoms with E-state index in [2.05, 4.69) is 0 Å². The van der Waals surface area contributed by atoms with Gasteiger partial charge in [-0.1, -0.05) is 0 Å². The van der Waals surface area contributed by atoms with E-state index in [0.717, 1.165) is 0 Å². The van der Waals surface area contributed by atoms with Crippen LogP contribution in [0.15, 0.2) is 0 Å². The molecule has 0 spiro atoms. The minimum atomic E-state index is -4.67. The molecule has 8 nitrogen and oxygen atoms in total. The molecule has 0 saturated carbocycles. The second-order valence-electron chi connectivity index (χ2n) is 0.896. The van der Waals surface area contributed by atoms with E-state index in [-0.39, 0.29) is 77.6 Å². The Morgan fingerprint density at radius 2 is 0.750 bits per heavy atom. The first-order valence-electron chi connectivity index (χ1n) is 1.40.